The number of rotatable bonds is 5. The van der Waals surface area contributed by atoms with Gasteiger partial charge in [0, 0.05) is 24.7 Å². The van der Waals surface area contributed by atoms with Crippen LogP contribution in [-0.2, 0) is 0 Å². The highest BCUT2D eigenvalue weighted by atomic mass is 16.1. The molecule has 110 valence electrons. The summed E-state index contributed by atoms with van der Waals surface area (Å²) in [7, 11) is 2.15. The van der Waals surface area contributed by atoms with Crippen LogP contribution in [0.15, 0.2) is 18.2 Å². The van der Waals surface area contributed by atoms with Crippen LogP contribution < -0.4 is 16.4 Å². The Morgan fingerprint density at radius 2 is 2.30 bits per heavy atom. The lowest BCUT2D eigenvalue weighted by Gasteiger charge is -2.21. The molecule has 1 saturated heterocycles. The Bertz CT molecular complexity index is 475. The largest absolute Gasteiger partial charge is 0.397 e. The maximum atomic E-state index is 11.8. The lowest BCUT2D eigenvalue weighted by atomic mass is 10.1. The molecule has 0 bridgehead atoms. The van der Waals surface area contributed by atoms with Gasteiger partial charge in [-0.3, -0.25) is 4.79 Å². The Morgan fingerprint density at radius 1 is 1.50 bits per heavy atom. The molecular weight excluding hydrogens is 252 g/mol. The molecule has 1 heterocycles. The van der Waals surface area contributed by atoms with Gasteiger partial charge in [0.25, 0.3) is 5.91 Å². The number of benzene rings is 1. The first-order valence-corrected chi connectivity index (χ1v) is 7.23. The van der Waals surface area contributed by atoms with Crippen LogP contribution in [0.4, 0.5) is 11.4 Å². The van der Waals surface area contributed by atoms with E-state index in [1.807, 2.05) is 13.0 Å². The predicted octanol–water partition coefficient (Wildman–Crippen LogP) is 1.52. The van der Waals surface area contributed by atoms with Gasteiger partial charge >= 0.3 is 0 Å². The number of likely N-dealkylation sites (tertiary alicyclic amines) is 1. The molecule has 1 aromatic rings. The number of carbonyl (C=O) groups excluding carboxylic acids is 1. The van der Waals surface area contributed by atoms with Crippen LogP contribution in [0.1, 0.15) is 30.1 Å². The summed E-state index contributed by atoms with van der Waals surface area (Å²) < 4.78 is 0. The first-order valence-electron chi connectivity index (χ1n) is 7.23. The van der Waals surface area contributed by atoms with E-state index >= 15 is 0 Å². The predicted molar refractivity (Wildman–Crippen MR) is 83.0 cm³/mol. The van der Waals surface area contributed by atoms with E-state index in [-0.39, 0.29) is 5.91 Å². The molecule has 0 saturated carbocycles. The van der Waals surface area contributed by atoms with Gasteiger partial charge in [-0.05, 0) is 51.6 Å². The van der Waals surface area contributed by atoms with Crippen LogP contribution >= 0.6 is 0 Å². The smallest absolute Gasteiger partial charge is 0.251 e. The van der Waals surface area contributed by atoms with Crippen molar-refractivity contribution in [1.82, 2.24) is 10.2 Å². The van der Waals surface area contributed by atoms with Gasteiger partial charge in [-0.1, -0.05) is 0 Å². The van der Waals surface area contributed by atoms with E-state index in [2.05, 4.69) is 22.6 Å². The Balaban J connectivity index is 2.02. The van der Waals surface area contributed by atoms with Gasteiger partial charge in [0.05, 0.1) is 11.4 Å². The summed E-state index contributed by atoms with van der Waals surface area (Å²) in [6.07, 6.45) is 2.46. The molecule has 1 atom stereocenters. The minimum atomic E-state index is -0.0615. The minimum Gasteiger partial charge on any atom is -0.397 e. The molecule has 1 unspecified atom stereocenters. The van der Waals surface area contributed by atoms with Crippen LogP contribution in [0, 0.1) is 0 Å². The highest BCUT2D eigenvalue weighted by molar-refractivity contribution is 5.96. The Morgan fingerprint density at radius 3 is 2.95 bits per heavy atom. The number of likely N-dealkylation sites (N-methyl/N-ethyl adjacent to an activating group) is 1. The minimum absolute atomic E-state index is 0.0615. The summed E-state index contributed by atoms with van der Waals surface area (Å²) in [5.74, 6) is -0.0615. The number of hydrogen-bond acceptors (Lipinski definition) is 4. The zero-order valence-corrected chi connectivity index (χ0v) is 12.3. The van der Waals surface area contributed by atoms with E-state index in [9.17, 15) is 4.79 Å². The number of anilines is 2. The number of carbonyl (C=O) groups is 1. The van der Waals surface area contributed by atoms with Crippen molar-refractivity contribution < 1.29 is 4.79 Å². The van der Waals surface area contributed by atoms with Crippen molar-refractivity contribution in [1.29, 1.82) is 0 Å². The molecule has 20 heavy (non-hydrogen) atoms. The molecule has 0 aliphatic carbocycles. The van der Waals surface area contributed by atoms with E-state index in [1.165, 1.54) is 12.8 Å². The summed E-state index contributed by atoms with van der Waals surface area (Å²) >= 11 is 0. The average molecular weight is 276 g/mol. The summed E-state index contributed by atoms with van der Waals surface area (Å²) in [6, 6.07) is 5.91. The summed E-state index contributed by atoms with van der Waals surface area (Å²) in [5, 5.41) is 6.17. The van der Waals surface area contributed by atoms with Crippen LogP contribution in [0.5, 0.6) is 0 Å². The zero-order valence-electron chi connectivity index (χ0n) is 12.3. The molecule has 0 spiro atoms. The number of nitrogens with zero attached hydrogens (tertiary/aromatic N) is 1. The quantitative estimate of drug-likeness (QED) is 0.713. The third-order valence-corrected chi connectivity index (χ3v) is 3.85. The molecule has 0 radical (unpaired) electrons. The molecule has 0 aromatic heterocycles. The molecular formula is C15H24N4O. The van der Waals surface area contributed by atoms with Gasteiger partial charge in [-0.2, -0.15) is 0 Å². The maximum Gasteiger partial charge on any atom is 0.251 e. The standard InChI is InChI=1S/C15H24N4O/c1-3-17-15(20)11-6-7-13(16)14(9-11)18-10-12-5-4-8-19(12)2/h6-7,9,12,18H,3-5,8,10,16H2,1-2H3,(H,17,20). The van der Waals surface area contributed by atoms with E-state index in [0.717, 1.165) is 18.8 Å². The van der Waals surface area contributed by atoms with Gasteiger partial charge in [0.1, 0.15) is 0 Å². The highest BCUT2D eigenvalue weighted by Crippen LogP contribution is 2.22. The van der Waals surface area contributed by atoms with Gasteiger partial charge in [-0.15, -0.1) is 0 Å². The fourth-order valence-corrected chi connectivity index (χ4v) is 2.58. The van der Waals surface area contributed by atoms with Gasteiger partial charge < -0.3 is 21.3 Å². The highest BCUT2D eigenvalue weighted by Gasteiger charge is 2.20. The fraction of sp³-hybridized carbons (Fsp3) is 0.533. The van der Waals surface area contributed by atoms with Crippen molar-refractivity contribution in [2.45, 2.75) is 25.8 Å². The van der Waals surface area contributed by atoms with E-state index < -0.39 is 0 Å². The molecule has 4 N–H and O–H groups in total. The molecule has 1 aliphatic heterocycles. The zero-order chi connectivity index (χ0) is 14.5. The van der Waals surface area contributed by atoms with E-state index in [0.29, 0.717) is 23.8 Å². The lowest BCUT2D eigenvalue weighted by molar-refractivity contribution is 0.0956. The number of amides is 1. The van der Waals surface area contributed by atoms with Crippen molar-refractivity contribution in [2.24, 2.45) is 0 Å². The fourth-order valence-electron chi connectivity index (χ4n) is 2.58. The normalized spacial score (nSPS) is 19.0. The van der Waals surface area contributed by atoms with Crippen LogP contribution in [0.3, 0.4) is 0 Å². The second-order valence-corrected chi connectivity index (χ2v) is 5.32. The molecule has 5 heteroatoms. The Hall–Kier alpha value is -1.75. The third-order valence-electron chi connectivity index (χ3n) is 3.85. The summed E-state index contributed by atoms with van der Waals surface area (Å²) in [4.78, 5) is 14.2. The third kappa shape index (κ3) is 3.42. The Labute approximate surface area is 120 Å². The summed E-state index contributed by atoms with van der Waals surface area (Å²) in [5.41, 5.74) is 8.14. The molecule has 1 aliphatic rings. The van der Waals surface area contributed by atoms with Crippen molar-refractivity contribution in [3.05, 3.63) is 23.8 Å². The van der Waals surface area contributed by atoms with Gasteiger partial charge in [0.15, 0.2) is 0 Å². The Kier molecular flexibility index (Phi) is 4.84. The van der Waals surface area contributed by atoms with Crippen molar-refractivity contribution in [2.75, 3.05) is 37.7 Å². The number of nitrogens with one attached hydrogen (secondary N) is 2. The molecule has 1 amide bonds. The van der Waals surface area contributed by atoms with Gasteiger partial charge in [0.2, 0.25) is 0 Å². The van der Waals surface area contributed by atoms with Crippen molar-refractivity contribution in [3.63, 3.8) is 0 Å². The number of hydrogen-bond donors (Lipinski definition) is 3. The maximum absolute atomic E-state index is 11.8. The van der Waals surface area contributed by atoms with E-state index in [4.69, 9.17) is 5.73 Å². The first-order chi connectivity index (χ1) is 9.61. The van der Waals surface area contributed by atoms with E-state index in [1.54, 1.807) is 12.1 Å². The number of nitrogen functional groups attached to an aromatic ring is 1. The van der Waals surface area contributed by atoms with Crippen LogP contribution in [-0.4, -0.2) is 43.5 Å². The molecule has 5 nitrogen and oxygen atoms in total. The SMILES string of the molecule is CCNC(=O)c1ccc(N)c(NCC2CCCN2C)c1. The van der Waals surface area contributed by atoms with Crippen molar-refractivity contribution in [3.8, 4) is 0 Å². The second kappa shape index (κ2) is 6.61. The lowest BCUT2D eigenvalue weighted by Crippen LogP contribution is -2.31. The second-order valence-electron chi connectivity index (χ2n) is 5.32. The summed E-state index contributed by atoms with van der Waals surface area (Å²) in [6.45, 7) is 4.55. The first kappa shape index (κ1) is 14.7. The van der Waals surface area contributed by atoms with Gasteiger partial charge in [-0.25, -0.2) is 0 Å². The number of nitrogens with two attached hydrogens (primary N) is 1. The molecule has 1 aromatic carbocycles. The van der Waals surface area contributed by atoms with Crippen molar-refractivity contribution >= 4 is 17.3 Å². The van der Waals surface area contributed by atoms with Crippen LogP contribution in [0.25, 0.3) is 0 Å². The monoisotopic (exact) mass is 276 g/mol. The molecule has 1 fully saturated rings. The van der Waals surface area contributed by atoms with Crippen LogP contribution in [0.2, 0.25) is 0 Å². The average Bonchev–Trinajstić information content (AvgIpc) is 2.83. The topological polar surface area (TPSA) is 70.4 Å². The molecule has 2 rings (SSSR count).